The third-order valence-electron chi connectivity index (χ3n) is 2.96. The molecule has 0 atom stereocenters. The lowest BCUT2D eigenvalue weighted by molar-refractivity contribution is 0.619. The summed E-state index contributed by atoms with van der Waals surface area (Å²) in [6, 6.07) is 7.27. The Morgan fingerprint density at radius 2 is 1.95 bits per heavy atom. The van der Waals surface area contributed by atoms with E-state index in [-0.39, 0.29) is 0 Å². The molecule has 0 aliphatic carbocycles. The molecular weight excluding hydrogens is 262 g/mol. The molecule has 0 unspecified atom stereocenters. The number of hydrogen-bond acceptors (Lipinski definition) is 4. The van der Waals surface area contributed by atoms with E-state index >= 15 is 0 Å². The monoisotopic (exact) mass is 273 g/mol. The van der Waals surface area contributed by atoms with Crippen molar-refractivity contribution in [1.82, 2.24) is 9.97 Å². The van der Waals surface area contributed by atoms with Gasteiger partial charge >= 0.3 is 0 Å². The molecular formula is C14H12ClN3O. The summed E-state index contributed by atoms with van der Waals surface area (Å²) in [5, 5.41) is 0.478. The number of halogens is 1. The Balaban J connectivity index is 2.20. The van der Waals surface area contributed by atoms with Gasteiger partial charge in [-0.2, -0.15) is 0 Å². The zero-order valence-electron chi connectivity index (χ0n) is 10.6. The number of benzene rings is 1. The second-order valence-corrected chi connectivity index (χ2v) is 4.85. The van der Waals surface area contributed by atoms with Crippen LogP contribution in [0.2, 0.25) is 5.02 Å². The fourth-order valence-electron chi connectivity index (χ4n) is 1.99. The van der Waals surface area contributed by atoms with Crippen molar-refractivity contribution in [1.29, 1.82) is 0 Å². The van der Waals surface area contributed by atoms with Crippen molar-refractivity contribution in [2.45, 2.75) is 13.8 Å². The van der Waals surface area contributed by atoms with Gasteiger partial charge in [-0.25, -0.2) is 4.98 Å². The molecule has 2 aromatic heterocycles. The maximum atomic E-state index is 5.98. The molecule has 0 bridgehead atoms. The average molecular weight is 274 g/mol. The number of anilines is 1. The molecule has 0 saturated carbocycles. The van der Waals surface area contributed by atoms with Crippen molar-refractivity contribution in [3.8, 4) is 11.5 Å². The van der Waals surface area contributed by atoms with Crippen LogP contribution in [0.1, 0.15) is 11.4 Å². The molecule has 96 valence electrons. The van der Waals surface area contributed by atoms with Gasteiger partial charge in [0, 0.05) is 11.8 Å². The number of pyridine rings is 1. The Labute approximate surface area is 115 Å². The summed E-state index contributed by atoms with van der Waals surface area (Å²) in [7, 11) is 0. The fraction of sp³-hybridized carbons (Fsp3) is 0.143. The van der Waals surface area contributed by atoms with E-state index in [9.17, 15) is 0 Å². The highest BCUT2D eigenvalue weighted by atomic mass is 35.5. The second-order valence-electron chi connectivity index (χ2n) is 4.45. The summed E-state index contributed by atoms with van der Waals surface area (Å²) in [5.74, 6) is 0.529. The van der Waals surface area contributed by atoms with E-state index in [4.69, 9.17) is 21.8 Å². The van der Waals surface area contributed by atoms with Crippen LogP contribution in [0.3, 0.4) is 0 Å². The van der Waals surface area contributed by atoms with Crippen molar-refractivity contribution in [3.05, 3.63) is 40.7 Å². The van der Waals surface area contributed by atoms with E-state index in [1.165, 1.54) is 0 Å². The highest BCUT2D eigenvalue weighted by Gasteiger charge is 2.12. The van der Waals surface area contributed by atoms with Crippen LogP contribution in [0.5, 0.6) is 0 Å². The van der Waals surface area contributed by atoms with E-state index in [2.05, 4.69) is 9.97 Å². The smallest absolute Gasteiger partial charge is 0.229 e. The van der Waals surface area contributed by atoms with Crippen molar-refractivity contribution >= 4 is 28.4 Å². The van der Waals surface area contributed by atoms with Crippen molar-refractivity contribution in [2.75, 3.05) is 5.73 Å². The highest BCUT2D eigenvalue weighted by molar-refractivity contribution is 6.33. The first-order valence-corrected chi connectivity index (χ1v) is 6.22. The minimum Gasteiger partial charge on any atom is -0.436 e. The topological polar surface area (TPSA) is 64.9 Å². The summed E-state index contributed by atoms with van der Waals surface area (Å²) in [4.78, 5) is 8.83. The number of nitrogens with zero attached hydrogens (tertiary/aromatic N) is 2. The minimum absolute atomic E-state index is 0.478. The number of aromatic nitrogens is 2. The third kappa shape index (κ3) is 2.04. The van der Waals surface area contributed by atoms with Crippen molar-refractivity contribution < 1.29 is 4.42 Å². The molecule has 5 heteroatoms. The van der Waals surface area contributed by atoms with E-state index in [1.807, 2.05) is 26.0 Å². The minimum atomic E-state index is 0.478. The summed E-state index contributed by atoms with van der Waals surface area (Å²) < 4.78 is 5.72. The lowest BCUT2D eigenvalue weighted by Gasteiger charge is -2.00. The van der Waals surface area contributed by atoms with Gasteiger partial charge in [-0.15, -0.1) is 0 Å². The predicted molar refractivity (Wildman–Crippen MR) is 76.1 cm³/mol. The second kappa shape index (κ2) is 4.24. The first-order valence-electron chi connectivity index (χ1n) is 5.85. The largest absolute Gasteiger partial charge is 0.436 e. The van der Waals surface area contributed by atoms with Crippen LogP contribution in [-0.2, 0) is 0 Å². The van der Waals surface area contributed by atoms with Gasteiger partial charge in [-0.1, -0.05) is 11.6 Å². The molecule has 4 nitrogen and oxygen atoms in total. The number of rotatable bonds is 1. The molecule has 2 N–H and O–H groups in total. The molecule has 3 aromatic rings. The molecule has 0 spiro atoms. The van der Waals surface area contributed by atoms with Crippen LogP contribution in [-0.4, -0.2) is 9.97 Å². The standard InChI is InChI=1S/C14H12ClN3O/c1-7-3-4-9(8(2)17-7)14-18-12-5-10(15)11(16)6-13(12)19-14/h3-6H,16H2,1-2H3. The molecule has 0 amide bonds. The normalized spacial score (nSPS) is 11.1. The molecule has 1 aromatic carbocycles. The summed E-state index contributed by atoms with van der Waals surface area (Å²) >= 11 is 5.98. The van der Waals surface area contributed by atoms with E-state index < -0.39 is 0 Å². The van der Waals surface area contributed by atoms with Crippen LogP contribution in [0.25, 0.3) is 22.6 Å². The number of aryl methyl sites for hydroxylation is 2. The van der Waals surface area contributed by atoms with E-state index in [0.717, 1.165) is 17.0 Å². The van der Waals surface area contributed by atoms with Crippen LogP contribution < -0.4 is 5.73 Å². The van der Waals surface area contributed by atoms with Crippen LogP contribution >= 0.6 is 11.6 Å². The number of nitrogens with two attached hydrogens (primary N) is 1. The average Bonchev–Trinajstić information content (AvgIpc) is 2.72. The Bertz CT molecular complexity index is 741. The van der Waals surface area contributed by atoms with Gasteiger partial charge < -0.3 is 10.2 Å². The maximum absolute atomic E-state index is 5.98. The quantitative estimate of drug-likeness (QED) is 0.686. The van der Waals surface area contributed by atoms with Crippen molar-refractivity contribution in [3.63, 3.8) is 0 Å². The van der Waals surface area contributed by atoms with Crippen molar-refractivity contribution in [2.24, 2.45) is 0 Å². The first kappa shape index (κ1) is 12.0. The SMILES string of the molecule is Cc1ccc(-c2nc3cc(Cl)c(N)cc3o2)c(C)n1. The maximum Gasteiger partial charge on any atom is 0.229 e. The lowest BCUT2D eigenvalue weighted by Crippen LogP contribution is -1.89. The van der Waals surface area contributed by atoms with Crippen LogP contribution in [0.4, 0.5) is 5.69 Å². The number of fused-ring (bicyclic) bond motifs is 1. The molecule has 2 heterocycles. The van der Waals surface area contributed by atoms with Gasteiger partial charge in [0.05, 0.1) is 22.0 Å². The van der Waals surface area contributed by atoms with Gasteiger partial charge in [0.15, 0.2) is 5.58 Å². The number of oxazole rings is 1. The summed E-state index contributed by atoms with van der Waals surface area (Å²) in [6.07, 6.45) is 0. The fourth-order valence-corrected chi connectivity index (χ4v) is 2.15. The Morgan fingerprint density at radius 3 is 2.68 bits per heavy atom. The lowest BCUT2D eigenvalue weighted by atomic mass is 10.2. The first-order chi connectivity index (χ1) is 9.04. The molecule has 0 fully saturated rings. The van der Waals surface area contributed by atoms with Gasteiger partial charge in [-0.3, -0.25) is 4.98 Å². The Morgan fingerprint density at radius 1 is 1.16 bits per heavy atom. The zero-order valence-corrected chi connectivity index (χ0v) is 11.3. The van der Waals surface area contributed by atoms with E-state index in [1.54, 1.807) is 12.1 Å². The molecule has 0 aliphatic rings. The molecule has 3 rings (SSSR count). The summed E-state index contributed by atoms with van der Waals surface area (Å²) in [6.45, 7) is 3.88. The highest BCUT2D eigenvalue weighted by Crippen LogP contribution is 2.30. The van der Waals surface area contributed by atoms with Crippen LogP contribution in [0.15, 0.2) is 28.7 Å². The van der Waals surface area contributed by atoms with Gasteiger partial charge in [0.2, 0.25) is 5.89 Å². The zero-order chi connectivity index (χ0) is 13.6. The molecule has 0 radical (unpaired) electrons. The molecule has 19 heavy (non-hydrogen) atoms. The summed E-state index contributed by atoms with van der Waals surface area (Å²) in [5.41, 5.74) is 10.3. The van der Waals surface area contributed by atoms with E-state index in [0.29, 0.717) is 27.7 Å². The Kier molecular flexibility index (Phi) is 2.68. The number of nitrogen functional groups attached to an aromatic ring is 1. The third-order valence-corrected chi connectivity index (χ3v) is 3.29. The molecule has 0 saturated heterocycles. The van der Waals surface area contributed by atoms with Gasteiger partial charge in [0.1, 0.15) is 5.52 Å². The van der Waals surface area contributed by atoms with Gasteiger partial charge in [0.25, 0.3) is 0 Å². The van der Waals surface area contributed by atoms with Crippen LogP contribution in [0, 0.1) is 13.8 Å². The molecule has 0 aliphatic heterocycles. The van der Waals surface area contributed by atoms with Gasteiger partial charge in [-0.05, 0) is 32.0 Å². The predicted octanol–water partition coefficient (Wildman–Crippen LogP) is 3.74. The Hall–Kier alpha value is -2.07. The number of hydrogen-bond donors (Lipinski definition) is 1.